The highest BCUT2D eigenvalue weighted by Crippen LogP contribution is 1.85. The fourth-order valence-electron chi connectivity index (χ4n) is 0.536. The van der Waals surface area contributed by atoms with Crippen LogP contribution in [0.4, 0.5) is 0 Å². The molecule has 0 aliphatic carbocycles. The van der Waals surface area contributed by atoms with Gasteiger partial charge in [-0.15, -0.1) is 0 Å². The van der Waals surface area contributed by atoms with E-state index in [9.17, 15) is 4.79 Å². The van der Waals surface area contributed by atoms with Crippen LogP contribution in [0.25, 0.3) is 0 Å². The van der Waals surface area contributed by atoms with Crippen LogP contribution in [0.2, 0.25) is 0 Å². The van der Waals surface area contributed by atoms with Crippen molar-refractivity contribution < 1.29 is 9.53 Å². The molecule has 0 aliphatic rings. The Morgan fingerprint density at radius 2 is 2.17 bits per heavy atom. The molecule has 0 saturated carbocycles. The first-order valence-electron chi connectivity index (χ1n) is 3.95. The summed E-state index contributed by atoms with van der Waals surface area (Å²) in [5.74, 6) is -0.282. The first kappa shape index (κ1) is 10.9. The maximum atomic E-state index is 10.7. The zero-order chi connectivity index (χ0) is 9.40. The molecule has 0 unspecified atom stereocenters. The third-order valence-corrected chi connectivity index (χ3v) is 1.04. The molecular weight excluding hydrogens is 154 g/mol. The van der Waals surface area contributed by atoms with Crippen molar-refractivity contribution in [2.75, 3.05) is 13.2 Å². The Morgan fingerprint density at radius 1 is 1.50 bits per heavy atom. The Balaban J connectivity index is 3.60. The molecule has 0 fully saturated rings. The zero-order valence-corrected chi connectivity index (χ0v) is 7.83. The number of hydrogen-bond acceptors (Lipinski definition) is 3. The summed E-state index contributed by atoms with van der Waals surface area (Å²) < 4.78 is 4.68. The summed E-state index contributed by atoms with van der Waals surface area (Å²) in [6.07, 6.45) is 3.46. The average molecular weight is 169 g/mol. The third-order valence-electron chi connectivity index (χ3n) is 1.04. The van der Waals surface area contributed by atoms with Crippen LogP contribution in [0, 0.1) is 0 Å². The van der Waals surface area contributed by atoms with Crippen molar-refractivity contribution in [3.8, 4) is 0 Å². The molecule has 0 aromatic heterocycles. The minimum Gasteiger partial charge on any atom is -0.465 e. The number of allylic oxidation sites excluding steroid dienone is 2. The molecule has 12 heavy (non-hydrogen) atoms. The molecule has 68 valence electrons. The van der Waals surface area contributed by atoms with Gasteiger partial charge in [0.2, 0.25) is 0 Å². The number of carbonyl (C=O) groups is 1. The van der Waals surface area contributed by atoms with Crippen LogP contribution in [-0.4, -0.2) is 25.3 Å². The van der Waals surface area contributed by atoms with Crippen LogP contribution in [0.15, 0.2) is 16.6 Å². The molecule has 0 N–H and O–H groups in total. The number of rotatable bonds is 4. The molecule has 0 aromatic carbocycles. The molecule has 0 atom stereocenters. The molecule has 0 spiro atoms. The second-order valence-electron chi connectivity index (χ2n) is 2.54. The molecule has 0 heterocycles. The van der Waals surface area contributed by atoms with Crippen molar-refractivity contribution in [3.63, 3.8) is 0 Å². The molecule has 3 nitrogen and oxygen atoms in total. The lowest BCUT2D eigenvalue weighted by Crippen LogP contribution is -2.07. The van der Waals surface area contributed by atoms with Crippen LogP contribution < -0.4 is 0 Å². The van der Waals surface area contributed by atoms with Gasteiger partial charge in [0.25, 0.3) is 0 Å². The lowest BCUT2D eigenvalue weighted by atomic mass is 10.3. The van der Waals surface area contributed by atoms with E-state index in [4.69, 9.17) is 0 Å². The molecule has 0 aliphatic heterocycles. The lowest BCUT2D eigenvalue weighted by Gasteiger charge is -1.95. The van der Waals surface area contributed by atoms with E-state index < -0.39 is 0 Å². The minimum atomic E-state index is -0.282. The van der Waals surface area contributed by atoms with Crippen molar-refractivity contribution in [2.45, 2.75) is 20.8 Å². The summed E-state index contributed by atoms with van der Waals surface area (Å²) in [4.78, 5) is 14.6. The van der Waals surface area contributed by atoms with Gasteiger partial charge in [0, 0.05) is 6.21 Å². The lowest BCUT2D eigenvalue weighted by molar-refractivity contribution is -0.141. The van der Waals surface area contributed by atoms with Crippen molar-refractivity contribution in [2.24, 2.45) is 4.99 Å². The number of esters is 1. The van der Waals surface area contributed by atoms with Crippen molar-refractivity contribution in [1.29, 1.82) is 0 Å². The third kappa shape index (κ3) is 6.99. The van der Waals surface area contributed by atoms with Gasteiger partial charge in [-0.25, -0.2) is 0 Å². The van der Waals surface area contributed by atoms with Crippen LogP contribution in [0.5, 0.6) is 0 Å². The molecule has 0 saturated heterocycles. The fraction of sp³-hybridized carbons (Fsp3) is 0.556. The van der Waals surface area contributed by atoms with Gasteiger partial charge in [0.1, 0.15) is 6.54 Å². The summed E-state index contributed by atoms with van der Waals surface area (Å²) in [5, 5.41) is 0. The molecule has 0 rings (SSSR count). The topological polar surface area (TPSA) is 38.7 Å². The average Bonchev–Trinajstić information content (AvgIpc) is 1.98. The van der Waals surface area contributed by atoms with Crippen LogP contribution >= 0.6 is 0 Å². The predicted molar refractivity (Wildman–Crippen MR) is 49.4 cm³/mol. The number of carbonyl (C=O) groups excluding carboxylic acids is 1. The Labute approximate surface area is 73.1 Å². The Kier molecular flexibility index (Phi) is 5.97. The van der Waals surface area contributed by atoms with Gasteiger partial charge in [-0.05, 0) is 26.8 Å². The van der Waals surface area contributed by atoms with E-state index in [2.05, 4.69) is 9.73 Å². The second-order valence-corrected chi connectivity index (χ2v) is 2.54. The smallest absolute Gasteiger partial charge is 0.327 e. The number of nitrogens with zero attached hydrogens (tertiary/aromatic N) is 1. The van der Waals surface area contributed by atoms with Crippen molar-refractivity contribution >= 4 is 12.2 Å². The Morgan fingerprint density at radius 3 is 2.67 bits per heavy atom. The summed E-state index contributed by atoms with van der Waals surface area (Å²) in [6, 6.07) is 0. The van der Waals surface area contributed by atoms with E-state index in [-0.39, 0.29) is 12.5 Å². The summed E-state index contributed by atoms with van der Waals surface area (Å²) in [5.41, 5.74) is 1.16. The van der Waals surface area contributed by atoms with Crippen molar-refractivity contribution in [3.05, 3.63) is 11.6 Å². The molecular formula is C9H15NO2. The second kappa shape index (κ2) is 6.58. The largest absolute Gasteiger partial charge is 0.465 e. The van der Waals surface area contributed by atoms with Crippen LogP contribution in [0.3, 0.4) is 0 Å². The Hall–Kier alpha value is -1.12. The van der Waals surface area contributed by atoms with Gasteiger partial charge in [-0.3, -0.25) is 9.79 Å². The van der Waals surface area contributed by atoms with Gasteiger partial charge in [-0.2, -0.15) is 0 Å². The quantitative estimate of drug-likeness (QED) is 0.473. The molecule has 3 heteroatoms. The maximum Gasteiger partial charge on any atom is 0.327 e. The van der Waals surface area contributed by atoms with Gasteiger partial charge in [0.15, 0.2) is 0 Å². The highest BCUT2D eigenvalue weighted by atomic mass is 16.5. The van der Waals surface area contributed by atoms with Crippen LogP contribution in [0.1, 0.15) is 20.8 Å². The summed E-state index contributed by atoms with van der Waals surface area (Å²) in [6.45, 7) is 6.24. The summed E-state index contributed by atoms with van der Waals surface area (Å²) >= 11 is 0. The van der Waals surface area contributed by atoms with E-state index in [0.29, 0.717) is 6.61 Å². The highest BCUT2D eigenvalue weighted by Gasteiger charge is 1.95. The zero-order valence-electron chi connectivity index (χ0n) is 7.83. The van der Waals surface area contributed by atoms with Gasteiger partial charge < -0.3 is 4.74 Å². The standard InChI is InChI=1S/C9H15NO2/c1-4-12-9(11)7-10-6-5-8(2)3/h5-6H,4,7H2,1-3H3. The molecule has 0 bridgehead atoms. The van der Waals surface area contributed by atoms with E-state index >= 15 is 0 Å². The molecule has 0 radical (unpaired) electrons. The SMILES string of the molecule is CCOC(=O)CN=CC=C(C)C. The summed E-state index contributed by atoms with van der Waals surface area (Å²) in [7, 11) is 0. The highest BCUT2D eigenvalue weighted by molar-refractivity contribution is 5.77. The van der Waals surface area contributed by atoms with Gasteiger partial charge in [-0.1, -0.05) is 5.57 Å². The van der Waals surface area contributed by atoms with E-state index in [1.165, 1.54) is 0 Å². The Bertz CT molecular complexity index is 191. The number of hydrogen-bond donors (Lipinski definition) is 0. The maximum absolute atomic E-state index is 10.7. The molecule has 0 amide bonds. The first-order valence-corrected chi connectivity index (χ1v) is 3.95. The number of ether oxygens (including phenoxy) is 1. The van der Waals surface area contributed by atoms with E-state index in [1.54, 1.807) is 13.1 Å². The van der Waals surface area contributed by atoms with E-state index in [0.717, 1.165) is 5.57 Å². The van der Waals surface area contributed by atoms with Gasteiger partial charge in [0.05, 0.1) is 6.61 Å². The van der Waals surface area contributed by atoms with Gasteiger partial charge >= 0.3 is 5.97 Å². The van der Waals surface area contributed by atoms with E-state index in [1.807, 2.05) is 19.9 Å². The van der Waals surface area contributed by atoms with Crippen molar-refractivity contribution in [1.82, 2.24) is 0 Å². The molecule has 0 aromatic rings. The number of aliphatic imine (C=N–C) groups is 1. The minimum absolute atomic E-state index is 0.109. The predicted octanol–water partition coefficient (Wildman–Crippen LogP) is 1.59. The monoisotopic (exact) mass is 169 g/mol. The normalized spacial score (nSPS) is 9.92. The first-order chi connectivity index (χ1) is 5.66. The van der Waals surface area contributed by atoms with Crippen LogP contribution in [-0.2, 0) is 9.53 Å². The fourth-order valence-corrected chi connectivity index (χ4v) is 0.536.